The van der Waals surface area contributed by atoms with Crippen LogP contribution >= 0.6 is 15.9 Å². The highest BCUT2D eigenvalue weighted by Crippen LogP contribution is 2.54. The number of rotatable bonds is 1. The molecule has 1 aromatic rings. The molecule has 5 heteroatoms. The Morgan fingerprint density at radius 2 is 2.08 bits per heavy atom. The van der Waals surface area contributed by atoms with Crippen LogP contribution in [0.15, 0.2) is 17.0 Å². The largest absolute Gasteiger partial charge is 0.257 e. The first-order valence-electron chi connectivity index (χ1n) is 3.45. The van der Waals surface area contributed by atoms with E-state index < -0.39 is 11.8 Å². The number of hydrogen-bond acceptors (Lipinski definition) is 2. The molecule has 1 aliphatic rings. The molecule has 2 nitrogen and oxygen atoms in total. The van der Waals surface area contributed by atoms with Crippen LogP contribution in [0.5, 0.6) is 0 Å². The zero-order valence-corrected chi connectivity index (χ0v) is 7.55. The zero-order valence-electron chi connectivity index (χ0n) is 5.97. The lowest BCUT2D eigenvalue weighted by atomic mass is 10.3. The van der Waals surface area contributed by atoms with Gasteiger partial charge in [-0.1, -0.05) is 0 Å². The average Bonchev–Trinajstić information content (AvgIpc) is 2.61. The highest BCUT2D eigenvalue weighted by Gasteiger charge is 2.58. The second-order valence-corrected chi connectivity index (χ2v) is 3.59. The highest BCUT2D eigenvalue weighted by atomic mass is 79.9. The summed E-state index contributed by atoms with van der Waals surface area (Å²) in [6, 6.07) is 0. The number of nitrogens with zero attached hydrogens (tertiary/aromatic N) is 2. The van der Waals surface area contributed by atoms with Crippen molar-refractivity contribution in [3.8, 4) is 0 Å². The quantitative estimate of drug-likeness (QED) is 0.746. The minimum Gasteiger partial charge on any atom is -0.256 e. The molecule has 0 N–H and O–H groups in total. The Morgan fingerprint density at radius 3 is 2.50 bits per heavy atom. The molecule has 1 aliphatic carbocycles. The van der Waals surface area contributed by atoms with Gasteiger partial charge in [0.05, 0.1) is 24.0 Å². The second kappa shape index (κ2) is 2.45. The number of alkyl halides is 2. The van der Waals surface area contributed by atoms with Crippen LogP contribution in [0.1, 0.15) is 18.0 Å². The maximum absolute atomic E-state index is 12.5. The summed E-state index contributed by atoms with van der Waals surface area (Å²) in [6.07, 6.45) is 2.72. The third-order valence-corrected chi connectivity index (χ3v) is 2.23. The van der Waals surface area contributed by atoms with Crippen LogP contribution in [0.3, 0.4) is 0 Å². The monoisotopic (exact) mass is 234 g/mol. The van der Waals surface area contributed by atoms with Crippen LogP contribution < -0.4 is 0 Å². The summed E-state index contributed by atoms with van der Waals surface area (Å²) in [5.41, 5.74) is 0.378. The van der Waals surface area contributed by atoms with E-state index in [1.807, 2.05) is 0 Å². The van der Waals surface area contributed by atoms with E-state index in [0.29, 0.717) is 10.3 Å². The smallest absolute Gasteiger partial charge is 0.256 e. The van der Waals surface area contributed by atoms with Crippen LogP contribution in [0.4, 0.5) is 8.78 Å². The predicted molar refractivity (Wildman–Crippen MR) is 42.0 cm³/mol. The maximum atomic E-state index is 12.5. The maximum Gasteiger partial charge on any atom is 0.257 e. The molecule has 0 radical (unpaired) electrons. The summed E-state index contributed by atoms with van der Waals surface area (Å²) in [5.74, 6) is -3.26. The Morgan fingerprint density at radius 1 is 1.42 bits per heavy atom. The number of halogens is 3. The molecule has 1 heterocycles. The van der Waals surface area contributed by atoms with E-state index in [1.165, 1.54) is 12.4 Å². The fraction of sp³-hybridized carbons (Fsp3) is 0.429. The van der Waals surface area contributed by atoms with E-state index in [2.05, 4.69) is 25.9 Å². The van der Waals surface area contributed by atoms with Crippen LogP contribution in [-0.2, 0) is 0 Å². The molecular weight excluding hydrogens is 230 g/mol. The first kappa shape index (κ1) is 8.04. The van der Waals surface area contributed by atoms with E-state index >= 15 is 0 Å². The molecule has 0 bridgehead atoms. The van der Waals surface area contributed by atoms with Crippen molar-refractivity contribution in [2.24, 2.45) is 0 Å². The molecule has 0 spiro atoms. The van der Waals surface area contributed by atoms with Gasteiger partial charge in [0.2, 0.25) is 0 Å². The van der Waals surface area contributed by atoms with Crippen molar-refractivity contribution >= 4 is 15.9 Å². The van der Waals surface area contributed by atoms with Gasteiger partial charge in [-0.2, -0.15) is 0 Å². The molecule has 2 rings (SSSR count). The van der Waals surface area contributed by atoms with Crippen LogP contribution in [-0.4, -0.2) is 15.9 Å². The van der Waals surface area contributed by atoms with Gasteiger partial charge in [0, 0.05) is 6.42 Å². The van der Waals surface area contributed by atoms with Gasteiger partial charge in [-0.25, -0.2) is 13.8 Å². The van der Waals surface area contributed by atoms with E-state index in [9.17, 15) is 8.78 Å². The van der Waals surface area contributed by atoms with Gasteiger partial charge >= 0.3 is 0 Å². The molecule has 0 saturated heterocycles. The van der Waals surface area contributed by atoms with E-state index in [0.717, 1.165) is 0 Å². The first-order valence-corrected chi connectivity index (χ1v) is 4.24. The van der Waals surface area contributed by atoms with Gasteiger partial charge in [-0.15, -0.1) is 0 Å². The SMILES string of the molecule is FC1(F)CC1c1cnc(Br)cn1. The summed E-state index contributed by atoms with van der Waals surface area (Å²) in [7, 11) is 0. The number of aromatic nitrogens is 2. The Hall–Kier alpha value is -0.580. The summed E-state index contributed by atoms with van der Waals surface area (Å²) in [5, 5.41) is 0. The topological polar surface area (TPSA) is 25.8 Å². The molecule has 1 aromatic heterocycles. The van der Waals surface area contributed by atoms with Gasteiger partial charge < -0.3 is 0 Å². The van der Waals surface area contributed by atoms with Crippen molar-refractivity contribution in [1.82, 2.24) is 9.97 Å². The molecular formula is C7H5BrF2N2. The summed E-state index contributed by atoms with van der Waals surface area (Å²) < 4.78 is 25.6. The van der Waals surface area contributed by atoms with Crippen molar-refractivity contribution < 1.29 is 8.78 Å². The molecule has 0 aromatic carbocycles. The molecule has 64 valence electrons. The van der Waals surface area contributed by atoms with Crippen molar-refractivity contribution in [3.05, 3.63) is 22.7 Å². The normalized spacial score (nSPS) is 25.4. The fourth-order valence-corrected chi connectivity index (χ4v) is 1.24. The van der Waals surface area contributed by atoms with Crippen molar-refractivity contribution in [2.75, 3.05) is 0 Å². The van der Waals surface area contributed by atoms with Gasteiger partial charge in [0.15, 0.2) is 0 Å². The Bertz CT molecular complexity index is 299. The Kier molecular flexibility index (Phi) is 1.64. The summed E-state index contributed by atoms with van der Waals surface area (Å²) >= 11 is 3.08. The Labute approximate surface area is 76.2 Å². The lowest BCUT2D eigenvalue weighted by Crippen LogP contribution is -1.96. The molecule has 12 heavy (non-hydrogen) atoms. The lowest BCUT2D eigenvalue weighted by Gasteiger charge is -1.96. The highest BCUT2D eigenvalue weighted by molar-refractivity contribution is 9.10. The zero-order chi connectivity index (χ0) is 8.77. The van der Waals surface area contributed by atoms with Gasteiger partial charge in [0.25, 0.3) is 5.92 Å². The minimum atomic E-state index is -2.55. The van der Waals surface area contributed by atoms with Crippen molar-refractivity contribution in [2.45, 2.75) is 18.3 Å². The second-order valence-electron chi connectivity index (χ2n) is 2.78. The summed E-state index contributed by atoms with van der Waals surface area (Å²) in [4.78, 5) is 7.67. The molecule has 1 saturated carbocycles. The van der Waals surface area contributed by atoms with Gasteiger partial charge in [-0.3, -0.25) is 4.98 Å². The molecule has 0 aliphatic heterocycles. The number of hydrogen-bond donors (Lipinski definition) is 0. The van der Waals surface area contributed by atoms with Gasteiger partial charge in [-0.05, 0) is 15.9 Å². The average molecular weight is 235 g/mol. The van der Waals surface area contributed by atoms with Crippen molar-refractivity contribution in [1.29, 1.82) is 0 Å². The molecule has 1 unspecified atom stereocenters. The van der Waals surface area contributed by atoms with Gasteiger partial charge in [0.1, 0.15) is 4.60 Å². The molecule has 1 atom stereocenters. The molecule has 0 amide bonds. The van der Waals surface area contributed by atoms with E-state index in [1.54, 1.807) is 0 Å². The van der Waals surface area contributed by atoms with Crippen LogP contribution in [0, 0.1) is 0 Å². The lowest BCUT2D eigenvalue weighted by molar-refractivity contribution is 0.111. The van der Waals surface area contributed by atoms with Crippen LogP contribution in [0.2, 0.25) is 0 Å². The predicted octanol–water partition coefficient (Wildman–Crippen LogP) is 2.36. The van der Waals surface area contributed by atoms with Crippen molar-refractivity contribution in [3.63, 3.8) is 0 Å². The summed E-state index contributed by atoms with van der Waals surface area (Å²) in [6.45, 7) is 0. The fourth-order valence-electron chi connectivity index (χ4n) is 1.04. The standard InChI is InChI=1S/C7H5BrF2N2/c8-6-3-11-5(2-12-6)4-1-7(4,9)10/h2-4H,1H2. The minimum absolute atomic E-state index is 0.0939. The van der Waals surface area contributed by atoms with E-state index in [-0.39, 0.29) is 6.42 Å². The van der Waals surface area contributed by atoms with E-state index in [4.69, 9.17) is 0 Å². The molecule has 1 fully saturated rings. The third kappa shape index (κ3) is 1.33. The Balaban J connectivity index is 2.21. The van der Waals surface area contributed by atoms with Crippen LogP contribution in [0.25, 0.3) is 0 Å². The third-order valence-electron chi connectivity index (χ3n) is 1.82. The first-order chi connectivity index (χ1) is 5.59.